The van der Waals surface area contributed by atoms with Gasteiger partial charge in [-0.1, -0.05) is 207 Å². The van der Waals surface area contributed by atoms with E-state index in [9.17, 15) is 14.4 Å². The monoisotopic (exact) mass is 957 g/mol. The van der Waals surface area contributed by atoms with Crippen molar-refractivity contribution in [1.82, 2.24) is 0 Å². The van der Waals surface area contributed by atoms with E-state index >= 15 is 0 Å². The normalized spacial score (nSPS) is 12.9. The van der Waals surface area contributed by atoms with Gasteiger partial charge in [-0.3, -0.25) is 14.4 Å². The zero-order chi connectivity index (χ0) is 50.0. The summed E-state index contributed by atoms with van der Waals surface area (Å²) in [6.45, 7) is 6.49. The Balaban J connectivity index is 4.52. The van der Waals surface area contributed by atoms with Crippen LogP contribution in [0.25, 0.3) is 0 Å². The highest BCUT2D eigenvalue weighted by atomic mass is 16.6. The predicted octanol–water partition coefficient (Wildman–Crippen LogP) is 19.1. The average molecular weight is 958 g/mol. The Morgan fingerprint density at radius 2 is 0.522 bits per heavy atom. The summed E-state index contributed by atoms with van der Waals surface area (Å²) in [5.74, 6) is -0.988. The van der Waals surface area contributed by atoms with Crippen molar-refractivity contribution < 1.29 is 28.6 Å². The molecular formula is C63H104O6. The van der Waals surface area contributed by atoms with Crippen molar-refractivity contribution in [3.63, 3.8) is 0 Å². The number of esters is 3. The zero-order valence-electron chi connectivity index (χ0n) is 44.8. The Hall–Kier alpha value is -3.93. The minimum absolute atomic E-state index is 0.110. The van der Waals surface area contributed by atoms with Crippen molar-refractivity contribution in [3.8, 4) is 0 Å². The third kappa shape index (κ3) is 54.9. The number of ether oxygens (including phenoxy) is 3. The first kappa shape index (κ1) is 65.1. The highest BCUT2D eigenvalue weighted by Gasteiger charge is 2.19. The number of carbonyl (C=O) groups excluding carboxylic acids is 3. The molecular weight excluding hydrogens is 853 g/mol. The molecule has 0 aromatic rings. The Kier molecular flexibility index (Phi) is 53.4. The molecule has 0 saturated heterocycles. The molecule has 0 aromatic carbocycles. The molecule has 0 unspecified atom stereocenters. The van der Waals surface area contributed by atoms with Crippen LogP contribution in [-0.2, 0) is 28.6 Å². The van der Waals surface area contributed by atoms with Crippen LogP contribution >= 0.6 is 0 Å². The smallest absolute Gasteiger partial charge is 0.306 e. The number of hydrogen-bond acceptors (Lipinski definition) is 6. The third-order valence-electron chi connectivity index (χ3n) is 11.7. The third-order valence-corrected chi connectivity index (χ3v) is 11.7. The molecule has 69 heavy (non-hydrogen) atoms. The van der Waals surface area contributed by atoms with Crippen LogP contribution in [-0.4, -0.2) is 37.2 Å². The quantitative estimate of drug-likeness (QED) is 0.0262. The summed E-state index contributed by atoms with van der Waals surface area (Å²) in [6, 6.07) is 0. The fourth-order valence-corrected chi connectivity index (χ4v) is 7.40. The number of rotatable bonds is 50. The van der Waals surface area contributed by atoms with Crippen LogP contribution < -0.4 is 0 Å². The number of unbranched alkanes of at least 4 members (excludes halogenated alkanes) is 21. The summed E-state index contributed by atoms with van der Waals surface area (Å²) in [5, 5.41) is 0. The summed E-state index contributed by atoms with van der Waals surface area (Å²) >= 11 is 0. The summed E-state index contributed by atoms with van der Waals surface area (Å²) < 4.78 is 16.8. The Labute approximate surface area is 425 Å². The summed E-state index contributed by atoms with van der Waals surface area (Å²) in [4.78, 5) is 38.1. The van der Waals surface area contributed by atoms with Gasteiger partial charge in [0.2, 0.25) is 0 Å². The Bertz CT molecular complexity index is 1420. The molecule has 0 N–H and O–H groups in total. The van der Waals surface area contributed by atoms with E-state index in [1.54, 1.807) is 0 Å². The number of hydrogen-bond donors (Lipinski definition) is 0. The van der Waals surface area contributed by atoms with E-state index in [-0.39, 0.29) is 37.5 Å². The van der Waals surface area contributed by atoms with Crippen molar-refractivity contribution >= 4 is 17.9 Å². The van der Waals surface area contributed by atoms with E-state index in [1.807, 2.05) is 0 Å². The van der Waals surface area contributed by atoms with Gasteiger partial charge in [-0.05, 0) is 135 Å². The van der Waals surface area contributed by atoms with Gasteiger partial charge in [-0.25, -0.2) is 0 Å². The van der Waals surface area contributed by atoms with Gasteiger partial charge in [0.25, 0.3) is 0 Å². The summed E-state index contributed by atoms with van der Waals surface area (Å²) in [7, 11) is 0. The number of allylic oxidation sites excluding steroid dienone is 18. The predicted molar refractivity (Wildman–Crippen MR) is 297 cm³/mol. The van der Waals surface area contributed by atoms with Gasteiger partial charge >= 0.3 is 17.9 Å². The maximum atomic E-state index is 12.8. The molecule has 0 saturated carbocycles. The lowest BCUT2D eigenvalue weighted by atomic mass is 10.1. The number of carbonyl (C=O) groups is 3. The second kappa shape index (κ2) is 56.7. The molecule has 0 aliphatic rings. The van der Waals surface area contributed by atoms with Crippen LogP contribution in [0.2, 0.25) is 0 Å². The van der Waals surface area contributed by atoms with Gasteiger partial charge in [-0.15, -0.1) is 0 Å². The molecule has 0 aliphatic heterocycles. The molecule has 1 atom stereocenters. The summed E-state index contributed by atoms with van der Waals surface area (Å²) in [6.07, 6.45) is 76.4. The molecule has 0 spiro atoms. The molecule has 0 bridgehead atoms. The van der Waals surface area contributed by atoms with E-state index in [2.05, 4.69) is 130 Å². The lowest BCUT2D eigenvalue weighted by molar-refractivity contribution is -0.167. The molecule has 0 radical (unpaired) electrons. The average Bonchev–Trinajstić information content (AvgIpc) is 3.35. The van der Waals surface area contributed by atoms with Gasteiger partial charge < -0.3 is 14.2 Å². The van der Waals surface area contributed by atoms with Gasteiger partial charge in [0.15, 0.2) is 6.10 Å². The molecule has 0 amide bonds. The second-order valence-corrected chi connectivity index (χ2v) is 18.5. The minimum atomic E-state index is -0.817. The van der Waals surface area contributed by atoms with Crippen molar-refractivity contribution in [2.45, 2.75) is 258 Å². The standard InChI is InChI=1S/C63H104O6/c1-4-7-10-13-16-19-22-25-28-30-31-33-36-38-41-44-47-50-53-56-62(65)68-59-60(69-63(66)57-54-51-48-45-42-39-34-27-24-21-18-15-12-9-6-3)58-67-61(64)55-52-49-46-43-40-37-35-32-29-26-23-20-17-14-11-8-5-2/h16-21,25-29,31,33-34,38,41-42,45,60H,4-15,22-24,30,32,35-37,39-40,43-44,46-59H2,1-3H3/b19-16-,20-17-,21-18-,28-25-,29-26-,33-31-,34-27-,41-38-,45-42-/t60-/m0/s1. The Morgan fingerprint density at radius 3 is 0.855 bits per heavy atom. The van der Waals surface area contributed by atoms with Crippen LogP contribution in [0, 0.1) is 0 Å². The molecule has 0 aromatic heterocycles. The maximum Gasteiger partial charge on any atom is 0.306 e. The first-order chi connectivity index (χ1) is 34.0. The second-order valence-electron chi connectivity index (χ2n) is 18.5. The van der Waals surface area contributed by atoms with E-state index in [0.29, 0.717) is 19.3 Å². The fraction of sp³-hybridized carbons (Fsp3) is 0.667. The van der Waals surface area contributed by atoms with Crippen LogP contribution in [0.1, 0.15) is 252 Å². The molecule has 392 valence electrons. The van der Waals surface area contributed by atoms with Crippen LogP contribution in [0.4, 0.5) is 0 Å². The lowest BCUT2D eigenvalue weighted by Gasteiger charge is -2.18. The van der Waals surface area contributed by atoms with Crippen molar-refractivity contribution in [2.75, 3.05) is 13.2 Å². The van der Waals surface area contributed by atoms with E-state index in [1.165, 1.54) is 103 Å². The molecule has 0 fully saturated rings. The van der Waals surface area contributed by atoms with Crippen LogP contribution in [0.5, 0.6) is 0 Å². The fourth-order valence-electron chi connectivity index (χ4n) is 7.40. The molecule has 0 aliphatic carbocycles. The molecule has 0 rings (SSSR count). The highest BCUT2D eigenvalue weighted by molar-refractivity contribution is 5.71. The summed E-state index contributed by atoms with van der Waals surface area (Å²) in [5.41, 5.74) is 0. The van der Waals surface area contributed by atoms with E-state index in [4.69, 9.17) is 14.2 Å². The highest BCUT2D eigenvalue weighted by Crippen LogP contribution is 2.13. The Morgan fingerprint density at radius 1 is 0.290 bits per heavy atom. The minimum Gasteiger partial charge on any atom is -0.462 e. The topological polar surface area (TPSA) is 78.9 Å². The first-order valence-electron chi connectivity index (χ1n) is 28.4. The maximum absolute atomic E-state index is 12.8. The van der Waals surface area contributed by atoms with Crippen molar-refractivity contribution in [2.24, 2.45) is 0 Å². The van der Waals surface area contributed by atoms with E-state index < -0.39 is 6.10 Å². The molecule has 0 heterocycles. The van der Waals surface area contributed by atoms with Gasteiger partial charge in [0, 0.05) is 19.3 Å². The van der Waals surface area contributed by atoms with Crippen LogP contribution in [0.3, 0.4) is 0 Å². The largest absolute Gasteiger partial charge is 0.462 e. The first-order valence-corrected chi connectivity index (χ1v) is 28.4. The SMILES string of the molecule is CCCCC/C=C\C/C=C\C/C=C\C/C=C\CCCCCC(=O)OC[C@H](COC(=O)CCCCCCCCC/C=C\C/C=C\CCCCC)OC(=O)CCCC/C=C\C/C=C\C/C=C\CCCCC. The van der Waals surface area contributed by atoms with Crippen molar-refractivity contribution in [1.29, 1.82) is 0 Å². The molecule has 6 heteroatoms. The van der Waals surface area contributed by atoms with E-state index in [0.717, 1.165) is 103 Å². The van der Waals surface area contributed by atoms with Gasteiger partial charge in [-0.2, -0.15) is 0 Å². The van der Waals surface area contributed by atoms with Crippen molar-refractivity contribution in [3.05, 3.63) is 109 Å². The zero-order valence-corrected chi connectivity index (χ0v) is 44.8. The lowest BCUT2D eigenvalue weighted by Crippen LogP contribution is -2.30. The van der Waals surface area contributed by atoms with Gasteiger partial charge in [0.05, 0.1) is 0 Å². The van der Waals surface area contributed by atoms with Crippen LogP contribution in [0.15, 0.2) is 109 Å². The molecule has 6 nitrogen and oxygen atoms in total. The van der Waals surface area contributed by atoms with Gasteiger partial charge in [0.1, 0.15) is 13.2 Å².